The molecule has 0 saturated carbocycles. The van der Waals surface area contributed by atoms with Crippen LogP contribution in [-0.2, 0) is 20.9 Å². The highest BCUT2D eigenvalue weighted by Gasteiger charge is 2.32. The number of benzene rings is 1. The highest BCUT2D eigenvalue weighted by Crippen LogP contribution is 2.26. The Labute approximate surface area is 174 Å². The average Bonchev–Trinajstić information content (AvgIpc) is 3.05. The molecular weight excluding hydrogens is 391 g/mol. The van der Waals surface area contributed by atoms with Gasteiger partial charge in [0.1, 0.15) is 12.4 Å². The molecule has 0 spiro atoms. The highest BCUT2D eigenvalue weighted by molar-refractivity contribution is 5.98. The zero-order valence-electron chi connectivity index (χ0n) is 17.0. The van der Waals surface area contributed by atoms with Gasteiger partial charge in [-0.15, -0.1) is 0 Å². The second-order valence-corrected chi connectivity index (χ2v) is 7.79. The summed E-state index contributed by atoms with van der Waals surface area (Å²) in [5.41, 5.74) is 2.09. The fourth-order valence-electron chi connectivity index (χ4n) is 3.37. The van der Waals surface area contributed by atoms with Gasteiger partial charge in [0.15, 0.2) is 5.79 Å². The van der Waals surface area contributed by atoms with Gasteiger partial charge in [0.25, 0.3) is 0 Å². The number of nitrogens with zero attached hydrogens (tertiary/aromatic N) is 4. The highest BCUT2D eigenvalue weighted by atomic mass is 19.1. The lowest BCUT2D eigenvalue weighted by molar-refractivity contribution is -0.140. The third-order valence-corrected chi connectivity index (χ3v) is 5.02. The fraction of sp³-hybridized carbons (Fsp3) is 0.476. The van der Waals surface area contributed by atoms with E-state index >= 15 is 0 Å². The lowest BCUT2D eigenvalue weighted by Crippen LogP contribution is -2.48. The predicted octanol–water partition coefficient (Wildman–Crippen LogP) is 2.51. The van der Waals surface area contributed by atoms with Crippen LogP contribution in [0.1, 0.15) is 25.8 Å². The molecule has 8 nitrogen and oxygen atoms in total. The van der Waals surface area contributed by atoms with Crippen molar-refractivity contribution in [2.24, 2.45) is 5.16 Å². The molecule has 0 aliphatic carbocycles. The van der Waals surface area contributed by atoms with Crippen LogP contribution in [0.2, 0.25) is 0 Å². The Bertz CT molecular complexity index is 912. The van der Waals surface area contributed by atoms with Gasteiger partial charge in [0.05, 0.1) is 38.1 Å². The van der Waals surface area contributed by atoms with Gasteiger partial charge >= 0.3 is 0 Å². The maximum absolute atomic E-state index is 14.4. The van der Waals surface area contributed by atoms with Crippen molar-refractivity contribution >= 4 is 11.7 Å². The van der Waals surface area contributed by atoms with Crippen LogP contribution in [0.15, 0.2) is 35.7 Å². The normalized spacial score (nSPS) is 20.2. The molecule has 0 amide bonds. The van der Waals surface area contributed by atoms with Gasteiger partial charge in [0.2, 0.25) is 5.95 Å². The van der Waals surface area contributed by atoms with E-state index in [1.807, 2.05) is 18.7 Å². The zero-order chi connectivity index (χ0) is 21.1. The van der Waals surface area contributed by atoms with Gasteiger partial charge in [-0.3, -0.25) is 0 Å². The first-order valence-corrected chi connectivity index (χ1v) is 9.90. The number of aromatic nitrogens is 2. The molecule has 1 unspecified atom stereocenters. The molecule has 1 N–H and O–H groups in total. The first-order valence-electron chi connectivity index (χ1n) is 9.90. The van der Waals surface area contributed by atoms with Crippen LogP contribution in [0.3, 0.4) is 0 Å². The molecule has 2 aliphatic rings. The third-order valence-electron chi connectivity index (χ3n) is 5.02. The molecule has 2 aromatic rings. The summed E-state index contributed by atoms with van der Waals surface area (Å²) in [7, 11) is 0. The van der Waals surface area contributed by atoms with Gasteiger partial charge in [-0.1, -0.05) is 23.4 Å². The summed E-state index contributed by atoms with van der Waals surface area (Å²) in [6.07, 6.45) is 3.92. The molecular formula is C21H25FN4O4. The molecule has 2 aliphatic heterocycles. The number of halogens is 1. The Morgan fingerprint density at radius 2 is 2.07 bits per heavy atom. The molecule has 9 heteroatoms. The first-order chi connectivity index (χ1) is 14.4. The standard InChI is InChI=1S/C21H25FN4O4/c1-21(2)28-13-17(30-21)6-7-29-25-16-10-26(11-16)20-23-8-15(9-24-20)18-5-3-4-14(12-27)19(18)22/h3-5,8-9,17,27H,6-7,10-13H2,1-2H3. The van der Waals surface area contributed by atoms with Crippen LogP contribution in [0, 0.1) is 5.82 Å². The smallest absolute Gasteiger partial charge is 0.225 e. The number of aliphatic hydroxyl groups is 1. The van der Waals surface area contributed by atoms with Gasteiger partial charge in [-0.2, -0.15) is 0 Å². The zero-order valence-corrected chi connectivity index (χ0v) is 17.0. The van der Waals surface area contributed by atoms with E-state index in [4.69, 9.17) is 14.3 Å². The molecule has 0 radical (unpaired) electrons. The number of hydrogen-bond acceptors (Lipinski definition) is 8. The van der Waals surface area contributed by atoms with Crippen LogP contribution in [-0.4, -0.2) is 59.0 Å². The quantitative estimate of drug-likeness (QED) is 0.548. The molecule has 0 bridgehead atoms. The Balaban J connectivity index is 1.25. The summed E-state index contributed by atoms with van der Waals surface area (Å²) in [6.45, 7) is 5.66. The Morgan fingerprint density at radius 3 is 2.73 bits per heavy atom. The average molecular weight is 416 g/mol. The lowest BCUT2D eigenvalue weighted by Gasteiger charge is -2.31. The van der Waals surface area contributed by atoms with Gasteiger partial charge < -0.3 is 24.3 Å². The molecule has 1 atom stereocenters. The van der Waals surface area contributed by atoms with E-state index in [2.05, 4.69) is 15.1 Å². The van der Waals surface area contributed by atoms with Crippen molar-refractivity contribution in [3.8, 4) is 11.1 Å². The maximum Gasteiger partial charge on any atom is 0.225 e. The molecule has 1 aromatic carbocycles. The van der Waals surface area contributed by atoms with E-state index < -0.39 is 11.6 Å². The summed E-state index contributed by atoms with van der Waals surface area (Å²) in [4.78, 5) is 16.0. The minimum atomic E-state index is -0.520. The van der Waals surface area contributed by atoms with E-state index in [9.17, 15) is 9.50 Å². The van der Waals surface area contributed by atoms with Crippen molar-refractivity contribution in [1.82, 2.24) is 9.97 Å². The van der Waals surface area contributed by atoms with Crippen molar-refractivity contribution < 1.29 is 23.8 Å². The van der Waals surface area contributed by atoms with Crippen molar-refractivity contribution in [2.75, 3.05) is 31.2 Å². The summed E-state index contributed by atoms with van der Waals surface area (Å²) in [6, 6.07) is 4.89. The molecule has 3 heterocycles. The summed E-state index contributed by atoms with van der Waals surface area (Å²) in [5.74, 6) is -0.422. The van der Waals surface area contributed by atoms with Crippen LogP contribution in [0.5, 0.6) is 0 Å². The van der Waals surface area contributed by atoms with Gasteiger partial charge in [0, 0.05) is 35.5 Å². The Kier molecular flexibility index (Phi) is 5.94. The predicted molar refractivity (Wildman–Crippen MR) is 108 cm³/mol. The summed E-state index contributed by atoms with van der Waals surface area (Å²) >= 11 is 0. The topological polar surface area (TPSA) is 89.3 Å². The molecule has 2 saturated heterocycles. The largest absolute Gasteiger partial charge is 0.396 e. The monoisotopic (exact) mass is 416 g/mol. The fourth-order valence-corrected chi connectivity index (χ4v) is 3.37. The molecule has 160 valence electrons. The van der Waals surface area contributed by atoms with Gasteiger partial charge in [-0.25, -0.2) is 14.4 Å². The summed E-state index contributed by atoms with van der Waals surface area (Å²) < 4.78 is 25.6. The first kappa shape index (κ1) is 20.6. The number of rotatable bonds is 7. The number of oxime groups is 1. The molecule has 2 fully saturated rings. The van der Waals surface area contributed by atoms with Crippen LogP contribution in [0.4, 0.5) is 10.3 Å². The minimum absolute atomic E-state index is 0.0351. The number of anilines is 1. The van der Waals surface area contributed by atoms with Gasteiger partial charge in [-0.05, 0) is 13.8 Å². The summed E-state index contributed by atoms with van der Waals surface area (Å²) in [5, 5.41) is 13.4. The Hall–Kier alpha value is -2.62. The maximum atomic E-state index is 14.4. The molecule has 4 rings (SSSR count). The molecule has 1 aromatic heterocycles. The minimum Gasteiger partial charge on any atom is -0.396 e. The second kappa shape index (κ2) is 8.63. The number of ether oxygens (including phenoxy) is 2. The van der Waals surface area contributed by atoms with Crippen LogP contribution >= 0.6 is 0 Å². The van der Waals surface area contributed by atoms with E-state index in [1.54, 1.807) is 30.6 Å². The van der Waals surface area contributed by atoms with Crippen LogP contribution < -0.4 is 4.90 Å². The van der Waals surface area contributed by atoms with Crippen molar-refractivity contribution in [2.45, 2.75) is 38.8 Å². The van der Waals surface area contributed by atoms with E-state index in [0.717, 1.165) is 12.1 Å². The second-order valence-electron chi connectivity index (χ2n) is 7.79. The van der Waals surface area contributed by atoms with Crippen molar-refractivity contribution in [3.05, 3.63) is 42.0 Å². The Morgan fingerprint density at radius 1 is 1.30 bits per heavy atom. The number of hydrogen-bond donors (Lipinski definition) is 1. The van der Waals surface area contributed by atoms with E-state index in [-0.39, 0.29) is 18.3 Å². The van der Waals surface area contributed by atoms with E-state index in [1.165, 1.54) is 0 Å². The molecule has 30 heavy (non-hydrogen) atoms. The van der Waals surface area contributed by atoms with Crippen LogP contribution in [0.25, 0.3) is 11.1 Å². The van der Waals surface area contributed by atoms with Crippen molar-refractivity contribution in [3.63, 3.8) is 0 Å². The third kappa shape index (κ3) is 4.58. The lowest BCUT2D eigenvalue weighted by atomic mass is 10.1. The number of aliphatic hydroxyl groups excluding tert-OH is 1. The van der Waals surface area contributed by atoms with E-state index in [0.29, 0.717) is 43.4 Å². The SMILES string of the molecule is CC1(C)OCC(CCON=C2CN(c3ncc(-c4cccc(CO)c4F)cn3)C2)O1. The van der Waals surface area contributed by atoms with Crippen molar-refractivity contribution in [1.29, 1.82) is 0 Å².